The molecule has 1 aromatic carbocycles. The fourth-order valence-corrected chi connectivity index (χ4v) is 1.95. The third-order valence-electron chi connectivity index (χ3n) is 2.89. The highest BCUT2D eigenvalue weighted by Crippen LogP contribution is 2.26. The molecule has 1 unspecified atom stereocenters. The van der Waals surface area contributed by atoms with Crippen LogP contribution >= 0.6 is 12.2 Å². The van der Waals surface area contributed by atoms with Gasteiger partial charge in [0.25, 0.3) is 0 Å². The number of ether oxygens (including phenoxy) is 1. The van der Waals surface area contributed by atoms with Crippen LogP contribution in [0.4, 0.5) is 5.69 Å². The van der Waals surface area contributed by atoms with Crippen molar-refractivity contribution in [1.82, 2.24) is 10.6 Å². The van der Waals surface area contributed by atoms with E-state index >= 15 is 0 Å². The molecular weight excluding hydrogens is 274 g/mol. The largest absolute Gasteiger partial charge is 0.497 e. The lowest BCUT2D eigenvalue weighted by molar-refractivity contribution is 0.169. The van der Waals surface area contributed by atoms with Gasteiger partial charge in [-0.1, -0.05) is 6.92 Å². The Balaban J connectivity index is 2.46. The molecule has 0 fully saturated rings. The standard InChI is InChI=1S/C14H23N3O2S/c1-3-7-16-14(20)17-8-6-13(18)11-9-10(19-2)4-5-12(11)15/h4-5,9,13,18H,3,6-8,15H2,1-2H3,(H2,16,17,20). The molecule has 0 aliphatic carbocycles. The Hall–Kier alpha value is -1.53. The van der Waals surface area contributed by atoms with Crippen LogP contribution in [-0.4, -0.2) is 30.4 Å². The van der Waals surface area contributed by atoms with Crippen molar-refractivity contribution in [2.45, 2.75) is 25.9 Å². The minimum Gasteiger partial charge on any atom is -0.497 e. The van der Waals surface area contributed by atoms with Crippen molar-refractivity contribution < 1.29 is 9.84 Å². The smallest absolute Gasteiger partial charge is 0.166 e. The molecule has 0 aromatic heterocycles. The number of hydrogen-bond donors (Lipinski definition) is 4. The number of anilines is 1. The average Bonchev–Trinajstić information content (AvgIpc) is 2.45. The molecule has 0 bridgehead atoms. The third-order valence-corrected chi connectivity index (χ3v) is 3.18. The Kier molecular flexibility index (Phi) is 7.11. The van der Waals surface area contributed by atoms with Gasteiger partial charge in [-0.15, -0.1) is 0 Å². The first-order valence-corrected chi connectivity index (χ1v) is 7.12. The summed E-state index contributed by atoms with van der Waals surface area (Å²) in [7, 11) is 1.58. The monoisotopic (exact) mass is 297 g/mol. The Morgan fingerprint density at radius 2 is 2.10 bits per heavy atom. The average molecular weight is 297 g/mol. The fourth-order valence-electron chi connectivity index (χ4n) is 1.75. The number of aliphatic hydroxyl groups excluding tert-OH is 1. The lowest BCUT2D eigenvalue weighted by Crippen LogP contribution is -2.36. The number of nitrogen functional groups attached to an aromatic ring is 1. The number of methoxy groups -OCH3 is 1. The maximum atomic E-state index is 10.2. The predicted octanol–water partition coefficient (Wildman–Crippen LogP) is 1.58. The molecule has 1 aromatic rings. The zero-order valence-electron chi connectivity index (χ0n) is 12.0. The second-order valence-corrected chi connectivity index (χ2v) is 4.89. The summed E-state index contributed by atoms with van der Waals surface area (Å²) in [5.74, 6) is 0.682. The van der Waals surface area contributed by atoms with Crippen LogP contribution in [0.2, 0.25) is 0 Å². The highest BCUT2D eigenvalue weighted by Gasteiger charge is 2.12. The maximum Gasteiger partial charge on any atom is 0.166 e. The van der Waals surface area contributed by atoms with Gasteiger partial charge >= 0.3 is 0 Å². The topological polar surface area (TPSA) is 79.5 Å². The molecule has 0 saturated carbocycles. The quantitative estimate of drug-likeness (QED) is 0.452. The first-order valence-electron chi connectivity index (χ1n) is 6.71. The van der Waals surface area contributed by atoms with Crippen molar-refractivity contribution in [3.05, 3.63) is 23.8 Å². The van der Waals surface area contributed by atoms with Crippen molar-refractivity contribution in [2.75, 3.05) is 25.9 Å². The van der Waals surface area contributed by atoms with Crippen LogP contribution in [0.5, 0.6) is 5.75 Å². The van der Waals surface area contributed by atoms with Crippen LogP contribution in [0.25, 0.3) is 0 Å². The van der Waals surface area contributed by atoms with Crippen molar-refractivity contribution in [1.29, 1.82) is 0 Å². The van der Waals surface area contributed by atoms with Crippen molar-refractivity contribution in [3.8, 4) is 5.75 Å². The summed E-state index contributed by atoms with van der Waals surface area (Å²) < 4.78 is 5.13. The molecule has 1 atom stereocenters. The van der Waals surface area contributed by atoms with Gasteiger partial charge < -0.3 is 26.2 Å². The van der Waals surface area contributed by atoms with E-state index in [1.165, 1.54) is 0 Å². The van der Waals surface area contributed by atoms with E-state index in [1.54, 1.807) is 25.3 Å². The highest BCUT2D eigenvalue weighted by molar-refractivity contribution is 7.80. The van der Waals surface area contributed by atoms with Crippen LogP contribution in [-0.2, 0) is 0 Å². The number of nitrogens with two attached hydrogens (primary N) is 1. The summed E-state index contributed by atoms with van der Waals surface area (Å²) in [6, 6.07) is 5.26. The molecule has 112 valence electrons. The van der Waals surface area contributed by atoms with Crippen LogP contribution in [0.1, 0.15) is 31.4 Å². The molecule has 0 aliphatic heterocycles. The van der Waals surface area contributed by atoms with E-state index in [2.05, 4.69) is 17.6 Å². The first kappa shape index (κ1) is 16.5. The summed E-state index contributed by atoms with van der Waals surface area (Å²) in [5, 5.41) is 16.9. The van der Waals surface area contributed by atoms with Gasteiger partial charge in [0, 0.05) is 24.3 Å². The van der Waals surface area contributed by atoms with Crippen LogP contribution in [0, 0.1) is 0 Å². The molecule has 0 aliphatic rings. The van der Waals surface area contributed by atoms with Gasteiger partial charge in [-0.05, 0) is 43.3 Å². The number of nitrogens with one attached hydrogen (secondary N) is 2. The summed E-state index contributed by atoms with van der Waals surface area (Å²) >= 11 is 5.10. The molecule has 6 heteroatoms. The summed E-state index contributed by atoms with van der Waals surface area (Å²) in [6.45, 7) is 3.50. The van der Waals surface area contributed by atoms with E-state index < -0.39 is 6.10 Å². The molecule has 0 heterocycles. The second-order valence-electron chi connectivity index (χ2n) is 4.48. The number of benzene rings is 1. The minimum atomic E-state index is -0.647. The molecule has 20 heavy (non-hydrogen) atoms. The van der Waals surface area contributed by atoms with Gasteiger partial charge in [0.2, 0.25) is 0 Å². The molecule has 5 N–H and O–H groups in total. The van der Waals surface area contributed by atoms with E-state index in [0.29, 0.717) is 35.1 Å². The number of hydrogen-bond acceptors (Lipinski definition) is 4. The van der Waals surface area contributed by atoms with Gasteiger partial charge in [0.15, 0.2) is 5.11 Å². The Bertz CT molecular complexity index is 440. The molecular formula is C14H23N3O2S. The van der Waals surface area contributed by atoms with Crippen molar-refractivity contribution in [3.63, 3.8) is 0 Å². The lowest BCUT2D eigenvalue weighted by atomic mass is 10.0. The van der Waals surface area contributed by atoms with E-state index in [4.69, 9.17) is 22.7 Å². The molecule has 0 radical (unpaired) electrons. The van der Waals surface area contributed by atoms with E-state index in [0.717, 1.165) is 13.0 Å². The predicted molar refractivity (Wildman–Crippen MR) is 85.9 cm³/mol. The van der Waals surface area contributed by atoms with Crippen LogP contribution < -0.4 is 21.1 Å². The molecule has 1 rings (SSSR count). The number of aliphatic hydroxyl groups is 1. The normalized spacial score (nSPS) is 11.8. The fraction of sp³-hybridized carbons (Fsp3) is 0.500. The Morgan fingerprint density at radius 1 is 1.40 bits per heavy atom. The van der Waals surface area contributed by atoms with Gasteiger partial charge in [0.05, 0.1) is 13.2 Å². The molecule has 0 saturated heterocycles. The molecule has 5 nitrogen and oxygen atoms in total. The van der Waals surface area contributed by atoms with Gasteiger partial charge in [0.1, 0.15) is 5.75 Å². The third kappa shape index (κ3) is 5.22. The van der Waals surface area contributed by atoms with Crippen molar-refractivity contribution in [2.24, 2.45) is 0 Å². The van der Waals surface area contributed by atoms with Gasteiger partial charge in [-0.25, -0.2) is 0 Å². The zero-order valence-corrected chi connectivity index (χ0v) is 12.8. The van der Waals surface area contributed by atoms with Crippen molar-refractivity contribution >= 4 is 23.0 Å². The summed E-state index contributed by atoms with van der Waals surface area (Å²) in [4.78, 5) is 0. The second kappa shape index (κ2) is 8.60. The van der Waals surface area contributed by atoms with E-state index in [-0.39, 0.29) is 0 Å². The SMILES string of the molecule is CCCNC(=S)NCCC(O)c1cc(OC)ccc1N. The maximum absolute atomic E-state index is 10.2. The summed E-state index contributed by atoms with van der Waals surface area (Å²) in [6.07, 6.45) is 0.891. The van der Waals surface area contributed by atoms with Crippen LogP contribution in [0.3, 0.4) is 0 Å². The molecule has 0 spiro atoms. The Morgan fingerprint density at radius 3 is 2.75 bits per heavy atom. The summed E-state index contributed by atoms with van der Waals surface area (Å²) in [5.41, 5.74) is 7.11. The van der Waals surface area contributed by atoms with E-state index in [1.807, 2.05) is 0 Å². The Labute approximate surface area is 125 Å². The number of rotatable bonds is 7. The molecule has 0 amide bonds. The van der Waals surface area contributed by atoms with Gasteiger partial charge in [-0.2, -0.15) is 0 Å². The highest BCUT2D eigenvalue weighted by atomic mass is 32.1. The minimum absolute atomic E-state index is 0.519. The zero-order chi connectivity index (χ0) is 15.0. The van der Waals surface area contributed by atoms with Crippen LogP contribution in [0.15, 0.2) is 18.2 Å². The first-order chi connectivity index (χ1) is 9.58. The van der Waals surface area contributed by atoms with E-state index in [9.17, 15) is 5.11 Å². The number of thiocarbonyl (C=S) groups is 1. The van der Waals surface area contributed by atoms with Gasteiger partial charge in [-0.3, -0.25) is 0 Å². The lowest BCUT2D eigenvalue weighted by Gasteiger charge is -2.16.